The van der Waals surface area contributed by atoms with Gasteiger partial charge in [-0.25, -0.2) is 0 Å². The van der Waals surface area contributed by atoms with E-state index in [4.69, 9.17) is 4.74 Å². The lowest BCUT2D eigenvalue weighted by Crippen LogP contribution is -2.53. The van der Waals surface area contributed by atoms with E-state index in [0.29, 0.717) is 19.5 Å². The maximum absolute atomic E-state index is 13.0. The second kappa shape index (κ2) is 11.6. The maximum atomic E-state index is 13.0. The van der Waals surface area contributed by atoms with Crippen LogP contribution in [0.25, 0.3) is 0 Å². The molecule has 1 aromatic rings. The Hall–Kier alpha value is -2.41. The fraction of sp³-hybridized carbons (Fsp3) is 0.591. The van der Waals surface area contributed by atoms with Crippen molar-refractivity contribution in [2.24, 2.45) is 5.92 Å². The van der Waals surface area contributed by atoms with Crippen molar-refractivity contribution in [3.63, 3.8) is 0 Å². The number of likely N-dealkylation sites (tertiary alicyclic amines) is 1. The van der Waals surface area contributed by atoms with Crippen LogP contribution in [-0.4, -0.2) is 61.5 Å². The third kappa shape index (κ3) is 6.29. The molecule has 2 rings (SSSR count). The van der Waals surface area contributed by atoms with E-state index in [2.05, 4.69) is 10.6 Å². The van der Waals surface area contributed by atoms with Gasteiger partial charge >= 0.3 is 0 Å². The number of nitrogens with zero attached hydrogens (tertiary/aromatic N) is 1. The molecule has 160 valence electrons. The number of carbonyl (C=O) groups is 3. The first kappa shape index (κ1) is 22.9. The molecule has 29 heavy (non-hydrogen) atoms. The molecule has 0 radical (unpaired) electrons. The highest BCUT2D eigenvalue weighted by molar-refractivity contribution is 5.88. The third-order valence-electron chi connectivity index (χ3n) is 5.50. The van der Waals surface area contributed by atoms with E-state index in [1.54, 1.807) is 18.9 Å². The van der Waals surface area contributed by atoms with E-state index >= 15 is 0 Å². The summed E-state index contributed by atoms with van der Waals surface area (Å²) in [5, 5.41) is 5.78. The first-order chi connectivity index (χ1) is 14.0. The van der Waals surface area contributed by atoms with Gasteiger partial charge < -0.3 is 20.3 Å². The zero-order chi connectivity index (χ0) is 21.2. The van der Waals surface area contributed by atoms with Crippen molar-refractivity contribution in [2.45, 2.75) is 57.7 Å². The van der Waals surface area contributed by atoms with Crippen LogP contribution in [0.15, 0.2) is 30.3 Å². The number of amides is 3. The van der Waals surface area contributed by atoms with E-state index < -0.39 is 18.1 Å². The molecule has 7 nitrogen and oxygen atoms in total. The van der Waals surface area contributed by atoms with E-state index in [1.165, 1.54) is 0 Å². The van der Waals surface area contributed by atoms with Crippen LogP contribution < -0.4 is 10.6 Å². The summed E-state index contributed by atoms with van der Waals surface area (Å²) in [5.74, 6) is -0.939. The number of rotatable bonds is 11. The quantitative estimate of drug-likeness (QED) is 0.548. The standard InChI is InChI=1S/C22H33N3O4/c1-4-12-23-22(28)18(14-17-9-6-5-7-10-17)24-21(27)16(2)20(29-3)19-11-8-13-25(19)15-26/h5-7,9-10,15-16,18-20H,4,8,11-14H2,1-3H3,(H,23,28)(H,24,27). The minimum Gasteiger partial charge on any atom is -0.378 e. The lowest BCUT2D eigenvalue weighted by molar-refractivity contribution is -0.136. The second-order valence-electron chi connectivity index (χ2n) is 7.58. The molecular formula is C22H33N3O4. The number of hydrogen-bond donors (Lipinski definition) is 2. The average molecular weight is 404 g/mol. The number of methoxy groups -OCH3 is 1. The Morgan fingerprint density at radius 3 is 2.62 bits per heavy atom. The molecule has 1 aromatic carbocycles. The van der Waals surface area contributed by atoms with Crippen molar-refractivity contribution in [3.05, 3.63) is 35.9 Å². The van der Waals surface area contributed by atoms with Crippen LogP contribution in [0.4, 0.5) is 0 Å². The van der Waals surface area contributed by atoms with Gasteiger partial charge in [-0.3, -0.25) is 14.4 Å². The van der Waals surface area contributed by atoms with Gasteiger partial charge in [0.25, 0.3) is 0 Å². The van der Waals surface area contributed by atoms with Gasteiger partial charge in [-0.2, -0.15) is 0 Å². The summed E-state index contributed by atoms with van der Waals surface area (Å²) in [7, 11) is 1.56. The van der Waals surface area contributed by atoms with Crippen LogP contribution in [0.5, 0.6) is 0 Å². The smallest absolute Gasteiger partial charge is 0.242 e. The second-order valence-corrected chi connectivity index (χ2v) is 7.58. The van der Waals surface area contributed by atoms with Crippen LogP contribution in [0.2, 0.25) is 0 Å². The molecule has 7 heteroatoms. The third-order valence-corrected chi connectivity index (χ3v) is 5.50. The molecule has 1 aliphatic heterocycles. The molecule has 1 aliphatic rings. The first-order valence-corrected chi connectivity index (χ1v) is 10.4. The largest absolute Gasteiger partial charge is 0.378 e. The number of carbonyl (C=O) groups excluding carboxylic acids is 3. The summed E-state index contributed by atoms with van der Waals surface area (Å²) < 4.78 is 5.61. The monoisotopic (exact) mass is 403 g/mol. The van der Waals surface area contributed by atoms with Gasteiger partial charge in [-0.05, 0) is 24.8 Å². The molecule has 0 aromatic heterocycles. The molecule has 4 unspecified atom stereocenters. The highest BCUT2D eigenvalue weighted by Crippen LogP contribution is 2.25. The summed E-state index contributed by atoms with van der Waals surface area (Å²) >= 11 is 0. The molecule has 0 bridgehead atoms. The summed E-state index contributed by atoms with van der Waals surface area (Å²) in [4.78, 5) is 38.7. The van der Waals surface area contributed by atoms with Crippen LogP contribution in [-0.2, 0) is 25.5 Å². The fourth-order valence-corrected chi connectivity index (χ4v) is 3.88. The summed E-state index contributed by atoms with van der Waals surface area (Å²) in [6, 6.07) is 8.83. The molecule has 4 atom stereocenters. The Morgan fingerprint density at radius 1 is 1.28 bits per heavy atom. The number of hydrogen-bond acceptors (Lipinski definition) is 4. The van der Waals surface area contributed by atoms with Crippen molar-refractivity contribution >= 4 is 18.2 Å². The Bertz CT molecular complexity index is 667. The highest BCUT2D eigenvalue weighted by Gasteiger charge is 2.38. The zero-order valence-electron chi connectivity index (χ0n) is 17.6. The van der Waals surface area contributed by atoms with Crippen LogP contribution in [0.3, 0.4) is 0 Å². The first-order valence-electron chi connectivity index (χ1n) is 10.4. The fourth-order valence-electron chi connectivity index (χ4n) is 3.88. The summed E-state index contributed by atoms with van der Waals surface area (Å²) in [6.45, 7) is 5.01. The van der Waals surface area contributed by atoms with Crippen molar-refractivity contribution in [2.75, 3.05) is 20.2 Å². The normalized spacial score (nSPS) is 19.3. The minimum absolute atomic E-state index is 0.125. The molecule has 2 N–H and O–H groups in total. The van der Waals surface area contributed by atoms with Crippen LogP contribution in [0, 0.1) is 5.92 Å². The molecule has 0 saturated carbocycles. The van der Waals surface area contributed by atoms with Crippen LogP contribution >= 0.6 is 0 Å². The van der Waals surface area contributed by atoms with E-state index in [1.807, 2.05) is 37.3 Å². The van der Waals surface area contributed by atoms with Crippen molar-refractivity contribution in [1.29, 1.82) is 0 Å². The lowest BCUT2D eigenvalue weighted by Gasteiger charge is -2.32. The van der Waals surface area contributed by atoms with E-state index in [-0.39, 0.29) is 17.9 Å². The maximum Gasteiger partial charge on any atom is 0.242 e. The summed E-state index contributed by atoms with van der Waals surface area (Å²) in [6.07, 6.45) is 3.34. The Morgan fingerprint density at radius 2 is 2.00 bits per heavy atom. The SMILES string of the molecule is CCCNC(=O)C(Cc1ccccc1)NC(=O)C(C)C(OC)C1CCCN1C=O. The molecule has 0 spiro atoms. The van der Waals surface area contributed by atoms with Gasteiger partial charge in [0.2, 0.25) is 18.2 Å². The molecule has 3 amide bonds. The number of benzene rings is 1. The van der Waals surface area contributed by atoms with E-state index in [0.717, 1.165) is 31.2 Å². The predicted octanol–water partition coefficient (Wildman–Crippen LogP) is 1.51. The molecule has 1 heterocycles. The molecule has 1 fully saturated rings. The van der Waals surface area contributed by atoms with Crippen molar-refractivity contribution in [3.8, 4) is 0 Å². The molecule has 1 saturated heterocycles. The van der Waals surface area contributed by atoms with Crippen molar-refractivity contribution < 1.29 is 19.1 Å². The van der Waals surface area contributed by atoms with Crippen LogP contribution in [0.1, 0.15) is 38.7 Å². The highest BCUT2D eigenvalue weighted by atomic mass is 16.5. The Labute approximate surface area is 173 Å². The van der Waals surface area contributed by atoms with Crippen molar-refractivity contribution in [1.82, 2.24) is 15.5 Å². The zero-order valence-corrected chi connectivity index (χ0v) is 17.6. The topological polar surface area (TPSA) is 87.7 Å². The van der Waals surface area contributed by atoms with Gasteiger partial charge in [-0.15, -0.1) is 0 Å². The number of ether oxygens (including phenoxy) is 1. The average Bonchev–Trinajstić information content (AvgIpc) is 3.21. The van der Waals surface area contributed by atoms with Gasteiger partial charge in [-0.1, -0.05) is 44.2 Å². The van der Waals surface area contributed by atoms with Gasteiger partial charge in [0.15, 0.2) is 0 Å². The van der Waals surface area contributed by atoms with Gasteiger partial charge in [0.05, 0.1) is 18.1 Å². The van der Waals surface area contributed by atoms with Gasteiger partial charge in [0.1, 0.15) is 6.04 Å². The number of nitrogens with one attached hydrogen (secondary N) is 2. The predicted molar refractivity (Wildman–Crippen MR) is 111 cm³/mol. The van der Waals surface area contributed by atoms with E-state index in [9.17, 15) is 14.4 Å². The Balaban J connectivity index is 2.09. The minimum atomic E-state index is -0.665. The summed E-state index contributed by atoms with van der Waals surface area (Å²) in [5.41, 5.74) is 0.975. The van der Waals surface area contributed by atoms with Gasteiger partial charge in [0, 0.05) is 26.6 Å². The molecular weight excluding hydrogens is 370 g/mol. The lowest BCUT2D eigenvalue weighted by atomic mass is 9.94. The molecule has 0 aliphatic carbocycles. The Kier molecular flexibility index (Phi) is 9.12.